The van der Waals surface area contributed by atoms with E-state index in [4.69, 9.17) is 0 Å². The van der Waals surface area contributed by atoms with E-state index >= 15 is 0 Å². The Balaban J connectivity index is 2.80. The van der Waals surface area contributed by atoms with Crippen molar-refractivity contribution >= 4 is 15.9 Å². The molecule has 0 aromatic carbocycles. The van der Waals surface area contributed by atoms with Crippen LogP contribution in [0.3, 0.4) is 0 Å². The lowest BCUT2D eigenvalue weighted by atomic mass is 10.3. The molecule has 0 rings (SSSR count). The number of hydrogen-bond donors (Lipinski definition) is 0. The van der Waals surface area contributed by atoms with Crippen molar-refractivity contribution < 1.29 is 0 Å². The lowest BCUT2D eigenvalue weighted by molar-refractivity contribution is 0.971. The second-order valence-electron chi connectivity index (χ2n) is 1.71. The van der Waals surface area contributed by atoms with Gasteiger partial charge in [-0.15, -0.1) is 0 Å². The third kappa shape index (κ3) is 6.22. The molecule has 0 aliphatic carbocycles. The second kappa shape index (κ2) is 7.22. The van der Waals surface area contributed by atoms with Crippen molar-refractivity contribution in [3.05, 3.63) is 12.2 Å². The maximum absolute atomic E-state index is 3.37. The van der Waals surface area contributed by atoms with Crippen molar-refractivity contribution in [1.82, 2.24) is 0 Å². The molecule has 0 aliphatic rings. The molecular formula is C7H13Br. The Kier molecular flexibility index (Phi) is 7.42. The fourth-order valence-corrected chi connectivity index (χ4v) is 0.803. The van der Waals surface area contributed by atoms with E-state index in [2.05, 4.69) is 35.0 Å². The maximum atomic E-state index is 3.37. The highest BCUT2D eigenvalue weighted by atomic mass is 79.9. The molecule has 0 aromatic heterocycles. The maximum Gasteiger partial charge on any atom is 0.00342 e. The summed E-state index contributed by atoms with van der Waals surface area (Å²) in [6, 6.07) is 0. The summed E-state index contributed by atoms with van der Waals surface area (Å²) in [5, 5.41) is 1.13. The monoisotopic (exact) mass is 176 g/mol. The van der Waals surface area contributed by atoms with Gasteiger partial charge in [0.05, 0.1) is 0 Å². The molecule has 0 saturated carbocycles. The molecule has 0 atom stereocenters. The highest BCUT2D eigenvalue weighted by Crippen LogP contribution is 1.95. The van der Waals surface area contributed by atoms with Crippen LogP contribution in [0.2, 0.25) is 0 Å². The molecule has 0 aromatic rings. The van der Waals surface area contributed by atoms with Crippen LogP contribution >= 0.6 is 15.9 Å². The number of hydrogen-bond acceptors (Lipinski definition) is 0. The van der Waals surface area contributed by atoms with Gasteiger partial charge in [-0.25, -0.2) is 0 Å². The van der Waals surface area contributed by atoms with E-state index in [1.807, 2.05) is 0 Å². The Bertz CT molecular complexity index is 57.4. The minimum Gasteiger partial charge on any atom is -0.0928 e. The molecule has 0 radical (unpaired) electrons. The highest BCUT2D eigenvalue weighted by molar-refractivity contribution is 9.09. The number of rotatable bonds is 4. The summed E-state index contributed by atoms with van der Waals surface area (Å²) in [6.45, 7) is 2.16. The van der Waals surface area contributed by atoms with Crippen LogP contribution in [0.5, 0.6) is 0 Å². The predicted molar refractivity (Wildman–Crippen MR) is 42.5 cm³/mol. The fourth-order valence-electron chi connectivity index (χ4n) is 0.480. The predicted octanol–water partition coefficient (Wildman–Crippen LogP) is 3.13. The van der Waals surface area contributed by atoms with Crippen LogP contribution in [0.1, 0.15) is 26.2 Å². The molecule has 0 nitrogen and oxygen atoms in total. The van der Waals surface area contributed by atoms with Crippen LogP contribution in [0.4, 0.5) is 0 Å². The van der Waals surface area contributed by atoms with Crippen LogP contribution in [0.25, 0.3) is 0 Å². The SMILES string of the molecule is CC/C=C\CCCBr. The van der Waals surface area contributed by atoms with Crippen molar-refractivity contribution in [3.8, 4) is 0 Å². The molecule has 0 unspecified atom stereocenters. The first kappa shape index (κ1) is 8.22. The second-order valence-corrected chi connectivity index (χ2v) is 2.50. The smallest absolute Gasteiger partial charge is 0.00342 e. The van der Waals surface area contributed by atoms with Gasteiger partial charge in [-0.2, -0.15) is 0 Å². The van der Waals surface area contributed by atoms with Gasteiger partial charge in [-0.1, -0.05) is 35.0 Å². The van der Waals surface area contributed by atoms with Gasteiger partial charge < -0.3 is 0 Å². The first-order valence-electron chi connectivity index (χ1n) is 3.12. The largest absolute Gasteiger partial charge is 0.0928 e. The fraction of sp³-hybridized carbons (Fsp3) is 0.714. The lowest BCUT2D eigenvalue weighted by Crippen LogP contribution is -1.68. The zero-order chi connectivity index (χ0) is 6.24. The molecular weight excluding hydrogens is 164 g/mol. The van der Waals surface area contributed by atoms with E-state index in [1.54, 1.807) is 0 Å². The summed E-state index contributed by atoms with van der Waals surface area (Å²) in [5.41, 5.74) is 0. The number of allylic oxidation sites excluding steroid dienone is 2. The van der Waals surface area contributed by atoms with Crippen LogP contribution in [0, 0.1) is 0 Å². The summed E-state index contributed by atoms with van der Waals surface area (Å²) in [4.78, 5) is 0. The average Bonchev–Trinajstić information content (AvgIpc) is 1.81. The van der Waals surface area contributed by atoms with E-state index < -0.39 is 0 Å². The lowest BCUT2D eigenvalue weighted by Gasteiger charge is -1.84. The van der Waals surface area contributed by atoms with E-state index in [0.29, 0.717) is 0 Å². The Hall–Kier alpha value is 0.220. The topological polar surface area (TPSA) is 0 Å². The minimum atomic E-state index is 1.13. The molecule has 0 saturated heterocycles. The molecule has 8 heavy (non-hydrogen) atoms. The van der Waals surface area contributed by atoms with Crippen molar-refractivity contribution in [3.63, 3.8) is 0 Å². The minimum absolute atomic E-state index is 1.13. The van der Waals surface area contributed by atoms with Gasteiger partial charge in [-0.3, -0.25) is 0 Å². The van der Waals surface area contributed by atoms with Crippen LogP contribution in [0.15, 0.2) is 12.2 Å². The van der Waals surface area contributed by atoms with Gasteiger partial charge in [0.2, 0.25) is 0 Å². The van der Waals surface area contributed by atoms with Gasteiger partial charge in [0.25, 0.3) is 0 Å². The van der Waals surface area contributed by atoms with Gasteiger partial charge in [0, 0.05) is 5.33 Å². The van der Waals surface area contributed by atoms with Crippen molar-refractivity contribution in [2.45, 2.75) is 26.2 Å². The first-order valence-corrected chi connectivity index (χ1v) is 4.25. The summed E-state index contributed by atoms with van der Waals surface area (Å²) in [6.07, 6.45) is 8.10. The van der Waals surface area contributed by atoms with Crippen molar-refractivity contribution in [2.75, 3.05) is 5.33 Å². The van der Waals surface area contributed by atoms with Gasteiger partial charge in [0.15, 0.2) is 0 Å². The molecule has 0 heterocycles. The van der Waals surface area contributed by atoms with Gasteiger partial charge in [0.1, 0.15) is 0 Å². The van der Waals surface area contributed by atoms with Crippen molar-refractivity contribution in [2.24, 2.45) is 0 Å². The molecule has 0 amide bonds. The zero-order valence-electron chi connectivity index (χ0n) is 5.36. The molecule has 0 bridgehead atoms. The normalized spacial score (nSPS) is 10.8. The Morgan fingerprint density at radius 2 is 2.12 bits per heavy atom. The molecule has 0 fully saturated rings. The average molecular weight is 177 g/mol. The van der Waals surface area contributed by atoms with E-state index in [9.17, 15) is 0 Å². The zero-order valence-corrected chi connectivity index (χ0v) is 6.95. The number of alkyl halides is 1. The number of unbranched alkanes of at least 4 members (excludes halogenated alkanes) is 1. The third-order valence-electron chi connectivity index (χ3n) is 0.907. The van der Waals surface area contributed by atoms with Crippen LogP contribution < -0.4 is 0 Å². The van der Waals surface area contributed by atoms with E-state index in [0.717, 1.165) is 5.33 Å². The molecule has 0 N–H and O–H groups in total. The van der Waals surface area contributed by atoms with Crippen molar-refractivity contribution in [1.29, 1.82) is 0 Å². The molecule has 0 aliphatic heterocycles. The van der Waals surface area contributed by atoms with Crippen LogP contribution in [-0.4, -0.2) is 5.33 Å². The summed E-state index contributed by atoms with van der Waals surface area (Å²) in [7, 11) is 0. The molecule has 48 valence electrons. The van der Waals surface area contributed by atoms with E-state index in [1.165, 1.54) is 19.3 Å². The first-order chi connectivity index (χ1) is 3.91. The highest BCUT2D eigenvalue weighted by Gasteiger charge is 1.75. The Morgan fingerprint density at radius 3 is 2.62 bits per heavy atom. The standard InChI is InChI=1S/C7H13Br/c1-2-3-4-5-6-7-8/h3-4H,2,5-7H2,1H3/b4-3-. The molecule has 1 heteroatoms. The quantitative estimate of drug-likeness (QED) is 0.351. The Labute approximate surface area is 60.1 Å². The van der Waals surface area contributed by atoms with Gasteiger partial charge in [-0.05, 0) is 19.3 Å². The van der Waals surface area contributed by atoms with Crippen LogP contribution in [-0.2, 0) is 0 Å². The number of halogens is 1. The summed E-state index contributed by atoms with van der Waals surface area (Å²) >= 11 is 3.37. The molecule has 0 spiro atoms. The van der Waals surface area contributed by atoms with Gasteiger partial charge >= 0.3 is 0 Å². The summed E-state index contributed by atoms with van der Waals surface area (Å²) < 4.78 is 0. The Morgan fingerprint density at radius 1 is 1.38 bits per heavy atom. The van der Waals surface area contributed by atoms with E-state index in [-0.39, 0.29) is 0 Å². The third-order valence-corrected chi connectivity index (χ3v) is 1.47. The summed E-state index contributed by atoms with van der Waals surface area (Å²) in [5.74, 6) is 0.